The van der Waals surface area contributed by atoms with Gasteiger partial charge in [-0.05, 0) is 31.0 Å². The van der Waals surface area contributed by atoms with Crippen LogP contribution in [-0.2, 0) is 11.3 Å². The Morgan fingerprint density at radius 1 is 1.22 bits per heavy atom. The molecule has 0 bridgehead atoms. The van der Waals surface area contributed by atoms with E-state index in [1.54, 1.807) is 12.3 Å². The maximum absolute atomic E-state index is 11.1. The molecule has 10 nitrogen and oxygen atoms in total. The van der Waals surface area contributed by atoms with Crippen LogP contribution >= 0.6 is 0 Å². The Hall–Kier alpha value is -3.40. The summed E-state index contributed by atoms with van der Waals surface area (Å²) in [5, 5.41) is 16.0. The number of anilines is 1. The van der Waals surface area contributed by atoms with Crippen molar-refractivity contribution in [3.8, 4) is 11.4 Å². The third-order valence-corrected chi connectivity index (χ3v) is 4.02. The Morgan fingerprint density at radius 2 is 2.11 bits per heavy atom. The Bertz CT molecular complexity index is 954. The third-order valence-electron chi connectivity index (χ3n) is 4.02. The number of nitrogens with zero attached hydrogens (tertiary/aromatic N) is 5. The highest BCUT2D eigenvalue weighted by Gasteiger charge is 2.23. The Kier molecular flexibility index (Phi) is 4.71. The number of hydrogen-bond acceptors (Lipinski definition) is 9. The van der Waals surface area contributed by atoms with Crippen molar-refractivity contribution in [3.63, 3.8) is 0 Å². The minimum Gasteiger partial charge on any atom is -0.478 e. The summed E-state index contributed by atoms with van der Waals surface area (Å²) in [6, 6.07) is 4.54. The van der Waals surface area contributed by atoms with Crippen molar-refractivity contribution in [1.82, 2.24) is 25.1 Å². The summed E-state index contributed by atoms with van der Waals surface area (Å²) in [4.78, 5) is 28.1. The van der Waals surface area contributed by atoms with Crippen LogP contribution in [0.15, 0.2) is 35.1 Å². The van der Waals surface area contributed by atoms with E-state index in [0.717, 1.165) is 12.8 Å². The van der Waals surface area contributed by atoms with E-state index in [1.807, 2.05) is 0 Å². The summed E-state index contributed by atoms with van der Waals surface area (Å²) in [5.41, 5.74) is 1.09. The highest BCUT2D eigenvalue weighted by molar-refractivity contribution is 5.88. The largest absolute Gasteiger partial charge is 0.478 e. The molecule has 4 heterocycles. The summed E-state index contributed by atoms with van der Waals surface area (Å²) in [7, 11) is 0. The fourth-order valence-corrected chi connectivity index (χ4v) is 2.69. The van der Waals surface area contributed by atoms with E-state index in [9.17, 15) is 4.79 Å². The Morgan fingerprint density at radius 3 is 2.93 bits per heavy atom. The molecular weight excluding hydrogens is 352 g/mol. The minimum absolute atomic E-state index is 0.126. The van der Waals surface area contributed by atoms with Crippen molar-refractivity contribution in [2.75, 3.05) is 11.9 Å². The molecule has 10 heteroatoms. The van der Waals surface area contributed by atoms with Crippen molar-refractivity contribution >= 4 is 11.9 Å². The molecule has 1 fully saturated rings. The van der Waals surface area contributed by atoms with Crippen molar-refractivity contribution in [1.29, 1.82) is 0 Å². The van der Waals surface area contributed by atoms with Crippen molar-refractivity contribution < 1.29 is 19.2 Å². The van der Waals surface area contributed by atoms with Gasteiger partial charge in [-0.2, -0.15) is 4.98 Å². The molecule has 4 rings (SSSR count). The topological polar surface area (TPSA) is 136 Å². The SMILES string of the molecule is O=C(O)c1ccnc(-c2ccnc(NCc3noc([C@@H]4CCCO4)n3)n2)c1. The number of aromatic nitrogens is 5. The molecule has 3 aromatic rings. The van der Waals surface area contributed by atoms with Gasteiger partial charge in [-0.15, -0.1) is 0 Å². The normalized spacial score (nSPS) is 16.4. The zero-order valence-corrected chi connectivity index (χ0v) is 14.2. The monoisotopic (exact) mass is 368 g/mol. The highest BCUT2D eigenvalue weighted by Crippen LogP contribution is 2.27. The molecular formula is C17H16N6O4. The lowest BCUT2D eigenvalue weighted by atomic mass is 10.2. The lowest BCUT2D eigenvalue weighted by molar-refractivity contribution is 0.0696. The summed E-state index contributed by atoms with van der Waals surface area (Å²) < 4.78 is 10.7. The van der Waals surface area contributed by atoms with Crippen molar-refractivity contribution in [2.24, 2.45) is 0 Å². The van der Waals surface area contributed by atoms with E-state index in [-0.39, 0.29) is 18.2 Å². The molecule has 0 saturated carbocycles. The first-order valence-electron chi connectivity index (χ1n) is 8.40. The fraction of sp³-hybridized carbons (Fsp3) is 0.294. The van der Waals surface area contributed by atoms with Crippen LogP contribution in [0.1, 0.15) is 41.0 Å². The van der Waals surface area contributed by atoms with Gasteiger partial charge in [0.25, 0.3) is 5.89 Å². The van der Waals surface area contributed by atoms with E-state index >= 15 is 0 Å². The zero-order valence-electron chi connectivity index (χ0n) is 14.2. The van der Waals surface area contributed by atoms with Crippen LogP contribution in [0.25, 0.3) is 11.4 Å². The predicted molar refractivity (Wildman–Crippen MR) is 91.8 cm³/mol. The molecule has 1 aliphatic heterocycles. The lowest BCUT2D eigenvalue weighted by Gasteiger charge is -2.05. The van der Waals surface area contributed by atoms with E-state index in [4.69, 9.17) is 14.4 Å². The Labute approximate surface area is 153 Å². The maximum atomic E-state index is 11.1. The predicted octanol–water partition coefficient (Wildman–Crippen LogP) is 2.08. The molecule has 27 heavy (non-hydrogen) atoms. The molecule has 0 aliphatic carbocycles. The summed E-state index contributed by atoms with van der Waals surface area (Å²) in [6.07, 6.45) is 4.73. The summed E-state index contributed by atoms with van der Waals surface area (Å²) >= 11 is 0. The standard InChI is InChI=1S/C17H16N6O4/c24-16(25)10-3-5-18-12(8-10)11-4-6-19-17(21-11)20-9-14-22-15(27-23-14)13-2-1-7-26-13/h3-6,8,13H,1-2,7,9H2,(H,24,25)(H,19,20,21)/t13-/m0/s1. The van der Waals surface area contributed by atoms with Crippen LogP contribution in [0.2, 0.25) is 0 Å². The number of carboxylic acids is 1. The number of ether oxygens (including phenoxy) is 1. The van der Waals surface area contributed by atoms with Gasteiger partial charge in [0.05, 0.1) is 23.5 Å². The second-order valence-electron chi connectivity index (χ2n) is 5.90. The first-order chi connectivity index (χ1) is 13.2. The molecule has 1 aliphatic rings. The Balaban J connectivity index is 1.45. The van der Waals surface area contributed by atoms with Gasteiger partial charge in [0.2, 0.25) is 5.95 Å². The first-order valence-corrected chi connectivity index (χ1v) is 8.40. The number of rotatable bonds is 6. The van der Waals surface area contributed by atoms with E-state index in [2.05, 4.69) is 30.4 Å². The average Bonchev–Trinajstić information content (AvgIpc) is 3.38. The van der Waals surface area contributed by atoms with Crippen LogP contribution in [0.5, 0.6) is 0 Å². The maximum Gasteiger partial charge on any atom is 0.335 e. The van der Waals surface area contributed by atoms with Gasteiger partial charge in [-0.25, -0.2) is 14.8 Å². The number of hydrogen-bond donors (Lipinski definition) is 2. The minimum atomic E-state index is -1.02. The number of pyridine rings is 1. The fourth-order valence-electron chi connectivity index (χ4n) is 2.69. The van der Waals surface area contributed by atoms with E-state index < -0.39 is 5.97 Å². The van der Waals surface area contributed by atoms with Gasteiger partial charge in [0.15, 0.2) is 5.82 Å². The number of aromatic carboxylic acids is 1. The molecule has 1 atom stereocenters. The van der Waals surface area contributed by atoms with Crippen LogP contribution in [0, 0.1) is 0 Å². The summed E-state index contributed by atoms with van der Waals surface area (Å²) in [5.74, 6) is 0.276. The molecule has 0 unspecified atom stereocenters. The molecule has 0 amide bonds. The van der Waals surface area contributed by atoms with Crippen LogP contribution in [-0.4, -0.2) is 42.8 Å². The molecule has 2 N–H and O–H groups in total. The summed E-state index contributed by atoms with van der Waals surface area (Å²) in [6.45, 7) is 0.987. The van der Waals surface area contributed by atoms with Crippen molar-refractivity contribution in [3.05, 3.63) is 47.9 Å². The van der Waals surface area contributed by atoms with Gasteiger partial charge in [0, 0.05) is 19.0 Å². The average molecular weight is 368 g/mol. The molecule has 1 saturated heterocycles. The van der Waals surface area contributed by atoms with Gasteiger partial charge >= 0.3 is 5.97 Å². The number of nitrogens with one attached hydrogen (secondary N) is 1. The van der Waals surface area contributed by atoms with E-state index in [0.29, 0.717) is 35.7 Å². The van der Waals surface area contributed by atoms with Crippen LogP contribution in [0.3, 0.4) is 0 Å². The van der Waals surface area contributed by atoms with Gasteiger partial charge in [-0.1, -0.05) is 5.16 Å². The van der Waals surface area contributed by atoms with E-state index in [1.165, 1.54) is 18.3 Å². The highest BCUT2D eigenvalue weighted by atomic mass is 16.5. The smallest absolute Gasteiger partial charge is 0.335 e. The lowest BCUT2D eigenvalue weighted by Crippen LogP contribution is -2.06. The number of carbonyl (C=O) groups is 1. The van der Waals surface area contributed by atoms with Crippen LogP contribution in [0.4, 0.5) is 5.95 Å². The van der Waals surface area contributed by atoms with Gasteiger partial charge in [0.1, 0.15) is 6.10 Å². The second-order valence-corrected chi connectivity index (χ2v) is 5.90. The van der Waals surface area contributed by atoms with Crippen LogP contribution < -0.4 is 5.32 Å². The molecule has 138 valence electrons. The molecule has 0 aromatic carbocycles. The molecule has 0 spiro atoms. The third kappa shape index (κ3) is 3.90. The van der Waals surface area contributed by atoms with Gasteiger partial charge in [-0.3, -0.25) is 4.98 Å². The van der Waals surface area contributed by atoms with Crippen molar-refractivity contribution in [2.45, 2.75) is 25.5 Å². The first kappa shape index (κ1) is 17.0. The molecule has 3 aromatic heterocycles. The zero-order chi connectivity index (χ0) is 18.6. The number of carboxylic acid groups (broad SMARTS) is 1. The van der Waals surface area contributed by atoms with Gasteiger partial charge < -0.3 is 19.7 Å². The quantitative estimate of drug-likeness (QED) is 0.665. The second kappa shape index (κ2) is 7.46. The molecule has 0 radical (unpaired) electrons.